The van der Waals surface area contributed by atoms with E-state index in [-0.39, 0.29) is 5.91 Å². The van der Waals surface area contributed by atoms with Crippen molar-refractivity contribution in [2.24, 2.45) is 0 Å². The lowest BCUT2D eigenvalue weighted by atomic mass is 10.1. The van der Waals surface area contributed by atoms with Crippen LogP contribution in [0.5, 0.6) is 0 Å². The van der Waals surface area contributed by atoms with Crippen LogP contribution in [0.4, 0.5) is 5.82 Å². The van der Waals surface area contributed by atoms with Crippen molar-refractivity contribution < 1.29 is 4.79 Å². The molecule has 2 aromatic rings. The standard InChI is InChI=1S/C20H24N4O/c1-16-14-19(24-12-6-3-7-13-24)23-18(22-16)15-21-20(25)11-10-17-8-4-2-5-9-17/h2,4-5,8-11,14H,3,6-7,12-13,15H2,1H3,(H,21,25)/b11-10+. The fourth-order valence-corrected chi connectivity index (χ4v) is 2.94. The van der Waals surface area contributed by atoms with E-state index in [4.69, 9.17) is 0 Å². The molecule has 0 aliphatic carbocycles. The molecule has 130 valence electrons. The van der Waals surface area contributed by atoms with Crippen molar-refractivity contribution in [1.82, 2.24) is 15.3 Å². The molecule has 1 N–H and O–H groups in total. The van der Waals surface area contributed by atoms with Crippen LogP contribution in [-0.2, 0) is 11.3 Å². The Morgan fingerprint density at radius 3 is 2.68 bits per heavy atom. The minimum atomic E-state index is -0.145. The number of rotatable bonds is 5. The number of aromatic nitrogens is 2. The van der Waals surface area contributed by atoms with Gasteiger partial charge in [-0.25, -0.2) is 9.97 Å². The van der Waals surface area contributed by atoms with Gasteiger partial charge in [-0.15, -0.1) is 0 Å². The van der Waals surface area contributed by atoms with Crippen molar-refractivity contribution in [2.75, 3.05) is 18.0 Å². The molecule has 1 aliphatic heterocycles. The van der Waals surface area contributed by atoms with Crippen LogP contribution in [0.25, 0.3) is 6.08 Å². The molecule has 0 atom stereocenters. The van der Waals surface area contributed by atoms with Crippen LogP contribution in [-0.4, -0.2) is 29.0 Å². The minimum Gasteiger partial charge on any atom is -0.357 e. The normalized spacial score (nSPS) is 14.7. The Morgan fingerprint density at radius 1 is 1.16 bits per heavy atom. The number of hydrogen-bond donors (Lipinski definition) is 1. The van der Waals surface area contributed by atoms with Gasteiger partial charge in [-0.1, -0.05) is 30.3 Å². The van der Waals surface area contributed by atoms with Gasteiger partial charge in [-0.3, -0.25) is 4.79 Å². The largest absolute Gasteiger partial charge is 0.357 e. The molecule has 1 amide bonds. The summed E-state index contributed by atoms with van der Waals surface area (Å²) in [6.45, 7) is 4.39. The van der Waals surface area contributed by atoms with Crippen molar-refractivity contribution in [3.8, 4) is 0 Å². The van der Waals surface area contributed by atoms with Gasteiger partial charge in [0.2, 0.25) is 5.91 Å². The number of amides is 1. The maximum atomic E-state index is 12.0. The molecule has 0 unspecified atom stereocenters. The predicted octanol–water partition coefficient (Wildman–Crippen LogP) is 3.10. The topological polar surface area (TPSA) is 58.1 Å². The van der Waals surface area contributed by atoms with E-state index in [2.05, 4.69) is 20.2 Å². The van der Waals surface area contributed by atoms with E-state index in [1.807, 2.05) is 43.3 Å². The predicted molar refractivity (Wildman–Crippen MR) is 100 cm³/mol. The Hall–Kier alpha value is -2.69. The molecule has 1 aliphatic rings. The molecule has 5 nitrogen and oxygen atoms in total. The Morgan fingerprint density at radius 2 is 1.92 bits per heavy atom. The Kier molecular flexibility index (Phi) is 5.77. The average Bonchev–Trinajstić information content (AvgIpc) is 2.66. The highest BCUT2D eigenvalue weighted by molar-refractivity contribution is 5.91. The van der Waals surface area contributed by atoms with Crippen LogP contribution >= 0.6 is 0 Å². The molecule has 0 radical (unpaired) electrons. The number of piperidine rings is 1. The second kappa shape index (κ2) is 8.42. The number of carbonyl (C=O) groups excluding carboxylic acids is 1. The van der Waals surface area contributed by atoms with E-state index in [0.29, 0.717) is 12.4 Å². The summed E-state index contributed by atoms with van der Waals surface area (Å²) < 4.78 is 0. The molecule has 25 heavy (non-hydrogen) atoms. The van der Waals surface area contributed by atoms with Crippen LogP contribution in [0, 0.1) is 6.92 Å². The number of nitrogens with zero attached hydrogens (tertiary/aromatic N) is 3. The molecule has 5 heteroatoms. The van der Waals surface area contributed by atoms with Gasteiger partial charge in [0.05, 0.1) is 6.54 Å². The average molecular weight is 336 g/mol. The highest BCUT2D eigenvalue weighted by atomic mass is 16.1. The first-order valence-electron chi connectivity index (χ1n) is 8.81. The first-order valence-corrected chi connectivity index (χ1v) is 8.81. The summed E-state index contributed by atoms with van der Waals surface area (Å²) in [6.07, 6.45) is 7.04. The summed E-state index contributed by atoms with van der Waals surface area (Å²) >= 11 is 0. The molecule has 1 aromatic heterocycles. The molecule has 0 bridgehead atoms. The lowest BCUT2D eigenvalue weighted by Crippen LogP contribution is -2.31. The molecular formula is C20H24N4O. The molecule has 0 spiro atoms. The van der Waals surface area contributed by atoms with E-state index in [1.54, 1.807) is 6.08 Å². The summed E-state index contributed by atoms with van der Waals surface area (Å²) in [5.74, 6) is 1.48. The quantitative estimate of drug-likeness (QED) is 0.853. The minimum absolute atomic E-state index is 0.145. The molecule has 1 saturated heterocycles. The molecule has 1 fully saturated rings. The lowest BCUT2D eigenvalue weighted by molar-refractivity contribution is -0.116. The number of carbonyl (C=O) groups is 1. The summed E-state index contributed by atoms with van der Waals surface area (Å²) in [5, 5.41) is 2.86. The molecule has 1 aromatic carbocycles. The molecule has 2 heterocycles. The highest BCUT2D eigenvalue weighted by Crippen LogP contribution is 2.18. The molecular weight excluding hydrogens is 312 g/mol. The third-order valence-electron chi connectivity index (χ3n) is 4.21. The van der Waals surface area contributed by atoms with Crippen molar-refractivity contribution >= 4 is 17.8 Å². The van der Waals surface area contributed by atoms with Crippen LogP contribution in [0.1, 0.15) is 36.3 Å². The first-order chi connectivity index (χ1) is 12.2. The molecule has 3 rings (SSSR count). The van der Waals surface area contributed by atoms with E-state index in [1.165, 1.54) is 25.3 Å². The van der Waals surface area contributed by atoms with Crippen molar-refractivity contribution in [1.29, 1.82) is 0 Å². The number of nitrogens with one attached hydrogen (secondary N) is 1. The zero-order valence-electron chi connectivity index (χ0n) is 14.6. The van der Waals surface area contributed by atoms with Crippen LogP contribution in [0.2, 0.25) is 0 Å². The number of hydrogen-bond acceptors (Lipinski definition) is 4. The van der Waals surface area contributed by atoms with E-state index < -0.39 is 0 Å². The SMILES string of the molecule is Cc1cc(N2CCCCC2)nc(CNC(=O)/C=C/c2ccccc2)n1. The number of benzene rings is 1. The monoisotopic (exact) mass is 336 g/mol. The van der Waals surface area contributed by atoms with Gasteiger partial charge in [-0.05, 0) is 37.8 Å². The summed E-state index contributed by atoms with van der Waals surface area (Å²) in [5.41, 5.74) is 1.93. The summed E-state index contributed by atoms with van der Waals surface area (Å²) in [6, 6.07) is 11.8. The highest BCUT2D eigenvalue weighted by Gasteiger charge is 2.13. The van der Waals surface area contributed by atoms with Gasteiger partial charge >= 0.3 is 0 Å². The van der Waals surface area contributed by atoms with Crippen molar-refractivity contribution in [3.05, 3.63) is 59.6 Å². The van der Waals surface area contributed by atoms with Crippen molar-refractivity contribution in [3.63, 3.8) is 0 Å². The van der Waals surface area contributed by atoms with Crippen LogP contribution in [0.15, 0.2) is 42.5 Å². The van der Waals surface area contributed by atoms with Crippen LogP contribution < -0.4 is 10.2 Å². The Balaban J connectivity index is 1.59. The van der Waals surface area contributed by atoms with Gasteiger partial charge in [-0.2, -0.15) is 0 Å². The third kappa shape index (κ3) is 5.14. The van der Waals surface area contributed by atoms with Crippen molar-refractivity contribution in [2.45, 2.75) is 32.7 Å². The number of anilines is 1. The second-order valence-electron chi connectivity index (χ2n) is 6.29. The maximum absolute atomic E-state index is 12.0. The van der Waals surface area contributed by atoms with Gasteiger partial charge < -0.3 is 10.2 Å². The second-order valence-corrected chi connectivity index (χ2v) is 6.29. The summed E-state index contributed by atoms with van der Waals surface area (Å²) in [7, 11) is 0. The summed E-state index contributed by atoms with van der Waals surface area (Å²) in [4.78, 5) is 23.4. The van der Waals surface area contributed by atoms with E-state index >= 15 is 0 Å². The van der Waals surface area contributed by atoms with Gasteiger partial charge in [0.25, 0.3) is 0 Å². The Bertz CT molecular complexity index is 737. The first kappa shape index (κ1) is 17.1. The maximum Gasteiger partial charge on any atom is 0.244 e. The van der Waals surface area contributed by atoms with E-state index in [9.17, 15) is 4.79 Å². The number of aryl methyl sites for hydroxylation is 1. The van der Waals surface area contributed by atoms with Gasteiger partial charge in [0.15, 0.2) is 0 Å². The fourth-order valence-electron chi connectivity index (χ4n) is 2.94. The smallest absolute Gasteiger partial charge is 0.244 e. The fraction of sp³-hybridized carbons (Fsp3) is 0.350. The van der Waals surface area contributed by atoms with Gasteiger partial charge in [0.1, 0.15) is 11.6 Å². The van der Waals surface area contributed by atoms with Crippen LogP contribution in [0.3, 0.4) is 0 Å². The Labute approximate surface area is 148 Å². The molecule has 0 saturated carbocycles. The third-order valence-corrected chi connectivity index (χ3v) is 4.21. The zero-order chi connectivity index (χ0) is 17.5. The van der Waals surface area contributed by atoms with E-state index in [0.717, 1.165) is 30.2 Å². The van der Waals surface area contributed by atoms with Gasteiger partial charge in [0, 0.05) is 30.9 Å². The zero-order valence-corrected chi connectivity index (χ0v) is 14.6. The lowest BCUT2D eigenvalue weighted by Gasteiger charge is -2.28.